The number of carbonyl (C=O) groups is 1. The van der Waals surface area contributed by atoms with Gasteiger partial charge in [-0.3, -0.25) is 0 Å². The van der Waals surface area contributed by atoms with E-state index < -0.39 is 5.60 Å². The Morgan fingerprint density at radius 1 is 1.42 bits per heavy atom. The molecule has 2 heterocycles. The summed E-state index contributed by atoms with van der Waals surface area (Å²) in [5.74, 6) is 0. The summed E-state index contributed by atoms with van der Waals surface area (Å²) in [5.41, 5.74) is -0.0296. The number of oxime groups is 1. The monoisotopic (exact) mass is 270 g/mol. The van der Waals surface area contributed by atoms with Crippen LogP contribution in [0.25, 0.3) is 0 Å². The van der Waals surface area contributed by atoms with Gasteiger partial charge in [0.2, 0.25) is 0 Å². The average Bonchev–Trinajstić information content (AvgIpc) is 2.71. The predicted octanol–water partition coefficient (Wildman–Crippen LogP) is 2.01. The van der Waals surface area contributed by atoms with Gasteiger partial charge in [-0.2, -0.15) is 0 Å². The first-order chi connectivity index (χ1) is 8.84. The number of rotatable bonds is 0. The first-order valence-corrected chi connectivity index (χ1v) is 6.65. The lowest BCUT2D eigenvalue weighted by atomic mass is 9.88. The van der Waals surface area contributed by atoms with Crippen molar-refractivity contribution in [1.29, 1.82) is 0 Å². The molecule has 6 heteroatoms. The molecule has 1 amide bonds. The van der Waals surface area contributed by atoms with E-state index in [9.17, 15) is 4.79 Å². The number of ether oxygens (including phenoxy) is 2. The Kier molecular flexibility index (Phi) is 3.71. The Hall–Kier alpha value is -1.30. The van der Waals surface area contributed by atoms with Gasteiger partial charge in [-0.1, -0.05) is 5.16 Å². The van der Waals surface area contributed by atoms with Crippen molar-refractivity contribution in [3.63, 3.8) is 0 Å². The molecule has 1 spiro atoms. The summed E-state index contributed by atoms with van der Waals surface area (Å²) in [4.78, 5) is 13.7. The molecule has 0 saturated carbocycles. The second kappa shape index (κ2) is 5.00. The van der Waals surface area contributed by atoms with Crippen LogP contribution in [-0.4, -0.2) is 52.8 Å². The van der Waals surface area contributed by atoms with Crippen LogP contribution in [0.5, 0.6) is 0 Å². The van der Waals surface area contributed by atoms with E-state index in [2.05, 4.69) is 5.16 Å². The Balaban J connectivity index is 1.88. The number of hydrogen-bond donors (Lipinski definition) is 1. The van der Waals surface area contributed by atoms with Crippen LogP contribution in [0.1, 0.15) is 40.0 Å². The topological polar surface area (TPSA) is 71.4 Å². The lowest BCUT2D eigenvalue weighted by Crippen LogP contribution is -2.47. The Labute approximate surface area is 113 Å². The lowest BCUT2D eigenvalue weighted by molar-refractivity contribution is -0.0481. The lowest BCUT2D eigenvalue weighted by Gasteiger charge is -2.38. The molecule has 2 aliphatic heterocycles. The molecule has 0 aromatic rings. The number of piperidine rings is 1. The fraction of sp³-hybridized carbons (Fsp3) is 0.846. The number of hydrogen-bond acceptors (Lipinski definition) is 5. The maximum atomic E-state index is 11.9. The molecule has 0 aliphatic carbocycles. The van der Waals surface area contributed by atoms with E-state index in [1.807, 2.05) is 20.8 Å². The quantitative estimate of drug-likeness (QED) is 0.540. The molecular weight excluding hydrogens is 248 g/mol. The molecule has 0 unspecified atom stereocenters. The zero-order valence-electron chi connectivity index (χ0n) is 11.8. The van der Waals surface area contributed by atoms with Crippen LogP contribution in [-0.2, 0) is 9.47 Å². The van der Waals surface area contributed by atoms with E-state index in [0.29, 0.717) is 31.8 Å². The third-order valence-electron chi connectivity index (χ3n) is 3.54. The Morgan fingerprint density at radius 2 is 2.05 bits per heavy atom. The van der Waals surface area contributed by atoms with Crippen LogP contribution in [0.4, 0.5) is 4.79 Å². The van der Waals surface area contributed by atoms with Crippen molar-refractivity contribution >= 4 is 11.8 Å². The average molecular weight is 270 g/mol. The van der Waals surface area contributed by atoms with Gasteiger partial charge in [0, 0.05) is 19.5 Å². The normalized spacial score (nSPS) is 25.0. The number of amides is 1. The van der Waals surface area contributed by atoms with Gasteiger partial charge >= 0.3 is 6.09 Å². The van der Waals surface area contributed by atoms with E-state index in [0.717, 1.165) is 12.8 Å². The van der Waals surface area contributed by atoms with Gasteiger partial charge in [0.05, 0.1) is 17.9 Å². The zero-order valence-corrected chi connectivity index (χ0v) is 11.8. The molecule has 0 aromatic heterocycles. The van der Waals surface area contributed by atoms with Crippen molar-refractivity contribution in [2.45, 2.75) is 51.2 Å². The van der Waals surface area contributed by atoms with E-state index >= 15 is 0 Å². The van der Waals surface area contributed by atoms with Gasteiger partial charge in [-0.05, 0) is 33.6 Å². The molecule has 2 rings (SSSR count). The van der Waals surface area contributed by atoms with Crippen LogP contribution < -0.4 is 0 Å². The molecule has 0 bridgehead atoms. The number of carbonyl (C=O) groups excluding carboxylic acids is 1. The summed E-state index contributed by atoms with van der Waals surface area (Å²) in [6.07, 6.45) is 1.90. The van der Waals surface area contributed by atoms with Crippen LogP contribution in [0.15, 0.2) is 5.16 Å². The molecule has 6 nitrogen and oxygen atoms in total. The molecule has 2 aliphatic rings. The van der Waals surface area contributed by atoms with Crippen molar-refractivity contribution in [3.05, 3.63) is 0 Å². The first-order valence-electron chi connectivity index (χ1n) is 6.65. The minimum Gasteiger partial charge on any atom is -0.444 e. The van der Waals surface area contributed by atoms with E-state index in [1.54, 1.807) is 4.90 Å². The SMILES string of the molecule is CC(C)(C)OC(=O)N1CCC2(CC1)CC(=NO)CO2. The van der Waals surface area contributed by atoms with Crippen molar-refractivity contribution < 1.29 is 19.5 Å². The van der Waals surface area contributed by atoms with Crippen molar-refractivity contribution in [3.8, 4) is 0 Å². The highest BCUT2D eigenvalue weighted by Gasteiger charge is 2.42. The van der Waals surface area contributed by atoms with E-state index in [1.165, 1.54) is 0 Å². The van der Waals surface area contributed by atoms with Gasteiger partial charge in [-0.15, -0.1) is 0 Å². The molecule has 19 heavy (non-hydrogen) atoms. The second-order valence-electron chi connectivity index (χ2n) is 6.28. The molecule has 0 aromatic carbocycles. The first kappa shape index (κ1) is 14.1. The largest absolute Gasteiger partial charge is 0.444 e. The Morgan fingerprint density at radius 3 is 2.53 bits per heavy atom. The molecule has 1 N–H and O–H groups in total. The fourth-order valence-corrected chi connectivity index (χ4v) is 2.52. The van der Waals surface area contributed by atoms with Crippen LogP contribution in [0.2, 0.25) is 0 Å². The summed E-state index contributed by atoms with van der Waals surface area (Å²) in [6, 6.07) is 0. The van der Waals surface area contributed by atoms with Gasteiger partial charge in [0.15, 0.2) is 0 Å². The van der Waals surface area contributed by atoms with Gasteiger partial charge < -0.3 is 19.6 Å². The molecular formula is C13H22N2O4. The fourth-order valence-electron chi connectivity index (χ4n) is 2.52. The van der Waals surface area contributed by atoms with Gasteiger partial charge in [-0.25, -0.2) is 4.79 Å². The third kappa shape index (κ3) is 3.37. The van der Waals surface area contributed by atoms with Crippen molar-refractivity contribution in [2.24, 2.45) is 5.16 Å². The molecule has 0 radical (unpaired) electrons. The smallest absolute Gasteiger partial charge is 0.410 e. The highest BCUT2D eigenvalue weighted by Crippen LogP contribution is 2.35. The van der Waals surface area contributed by atoms with E-state index in [4.69, 9.17) is 14.7 Å². The highest BCUT2D eigenvalue weighted by atomic mass is 16.6. The van der Waals surface area contributed by atoms with Gasteiger partial charge in [0.25, 0.3) is 0 Å². The summed E-state index contributed by atoms with van der Waals surface area (Å²) >= 11 is 0. The molecule has 108 valence electrons. The number of nitrogens with zero attached hydrogens (tertiary/aromatic N) is 2. The minimum atomic E-state index is -0.465. The standard InChI is InChI=1S/C13H22N2O4/c1-12(2,3)19-11(16)15-6-4-13(5-7-15)8-10(14-17)9-18-13/h17H,4-9H2,1-3H3. The molecule has 2 fully saturated rings. The summed E-state index contributed by atoms with van der Waals surface area (Å²) in [5, 5.41) is 12.0. The van der Waals surface area contributed by atoms with E-state index in [-0.39, 0.29) is 11.7 Å². The molecule has 2 saturated heterocycles. The third-order valence-corrected chi connectivity index (χ3v) is 3.54. The second-order valence-corrected chi connectivity index (χ2v) is 6.28. The zero-order chi connectivity index (χ0) is 14.1. The predicted molar refractivity (Wildman–Crippen MR) is 69.6 cm³/mol. The molecule has 0 atom stereocenters. The van der Waals surface area contributed by atoms with Crippen LogP contribution in [0, 0.1) is 0 Å². The van der Waals surface area contributed by atoms with Crippen LogP contribution >= 0.6 is 0 Å². The number of likely N-dealkylation sites (tertiary alicyclic amines) is 1. The summed E-state index contributed by atoms with van der Waals surface area (Å²) in [6.45, 7) is 7.21. The van der Waals surface area contributed by atoms with Gasteiger partial charge in [0.1, 0.15) is 5.60 Å². The minimum absolute atomic E-state index is 0.250. The van der Waals surface area contributed by atoms with Crippen molar-refractivity contribution in [2.75, 3.05) is 19.7 Å². The van der Waals surface area contributed by atoms with Crippen molar-refractivity contribution in [1.82, 2.24) is 4.90 Å². The maximum absolute atomic E-state index is 11.9. The maximum Gasteiger partial charge on any atom is 0.410 e. The Bertz CT molecular complexity index is 379. The summed E-state index contributed by atoms with van der Waals surface area (Å²) in [7, 11) is 0. The summed E-state index contributed by atoms with van der Waals surface area (Å²) < 4.78 is 11.1. The van der Waals surface area contributed by atoms with Crippen LogP contribution in [0.3, 0.4) is 0 Å². The highest BCUT2D eigenvalue weighted by molar-refractivity contribution is 5.87.